The summed E-state index contributed by atoms with van der Waals surface area (Å²) >= 11 is 0. The summed E-state index contributed by atoms with van der Waals surface area (Å²) < 4.78 is 12.0. The zero-order valence-corrected chi connectivity index (χ0v) is 19.8. The number of aromatic nitrogens is 3. The first-order valence-electron chi connectivity index (χ1n) is 10.6. The molecule has 1 atom stereocenters. The monoisotopic (exact) mass is 424 g/mol. The minimum atomic E-state index is -1.76. The topological polar surface area (TPSA) is 63.3 Å². The number of nitrogens with one attached hydrogen (secondary N) is 1. The van der Waals surface area contributed by atoms with Crippen LogP contribution >= 0.6 is 0 Å². The van der Waals surface area contributed by atoms with Gasteiger partial charge in [-0.25, -0.2) is 4.98 Å². The van der Waals surface area contributed by atoms with Gasteiger partial charge in [0.25, 0.3) is 0 Å². The minimum Gasteiger partial charge on any atom is -0.497 e. The smallest absolute Gasteiger partial charge is 0.192 e. The molecule has 0 spiro atoms. The molecule has 30 heavy (non-hydrogen) atoms. The van der Waals surface area contributed by atoms with Crippen molar-refractivity contribution >= 4 is 25.2 Å². The van der Waals surface area contributed by atoms with Crippen molar-refractivity contribution in [1.29, 1.82) is 0 Å². The van der Waals surface area contributed by atoms with Crippen LogP contribution in [0.4, 0.5) is 5.69 Å². The number of hydrogen-bond acceptors (Lipinski definition) is 5. The molecule has 1 aliphatic rings. The zero-order valence-electron chi connectivity index (χ0n) is 18.8. The molecule has 3 heterocycles. The van der Waals surface area contributed by atoms with Crippen molar-refractivity contribution < 1.29 is 9.16 Å². The summed E-state index contributed by atoms with van der Waals surface area (Å²) in [4.78, 5) is 14.7. The van der Waals surface area contributed by atoms with Crippen molar-refractivity contribution in [2.24, 2.45) is 0 Å². The van der Waals surface area contributed by atoms with Crippen LogP contribution in [-0.4, -0.2) is 50.1 Å². The van der Waals surface area contributed by atoms with E-state index in [0.29, 0.717) is 0 Å². The first-order valence-corrected chi connectivity index (χ1v) is 13.5. The number of methoxy groups -OCH3 is 1. The Morgan fingerprint density at radius 2 is 1.93 bits per heavy atom. The summed E-state index contributed by atoms with van der Waals surface area (Å²) in [5.41, 5.74) is 5.39. The Bertz CT molecular complexity index is 1010. The SMILES string of the molecule is COc1ccc2c(c1)C(c1cc3nccnc3[nH]1)CN2CCO[Si](C)(C)C(C)(C)C. The molecule has 0 aliphatic carbocycles. The Kier molecular flexibility index (Phi) is 5.36. The normalized spacial score (nSPS) is 16.9. The van der Waals surface area contributed by atoms with Gasteiger partial charge in [0.05, 0.1) is 13.7 Å². The van der Waals surface area contributed by atoms with E-state index in [4.69, 9.17) is 9.16 Å². The first kappa shape index (κ1) is 20.9. The highest BCUT2D eigenvalue weighted by atomic mass is 28.4. The van der Waals surface area contributed by atoms with Gasteiger partial charge in [0.15, 0.2) is 14.0 Å². The van der Waals surface area contributed by atoms with Crippen molar-refractivity contribution in [1.82, 2.24) is 15.0 Å². The van der Waals surface area contributed by atoms with E-state index in [1.807, 2.05) is 6.07 Å². The Morgan fingerprint density at radius 1 is 1.17 bits per heavy atom. The van der Waals surface area contributed by atoms with Crippen LogP contribution in [0.2, 0.25) is 18.1 Å². The van der Waals surface area contributed by atoms with Crippen molar-refractivity contribution in [3.05, 3.63) is 47.9 Å². The van der Waals surface area contributed by atoms with E-state index < -0.39 is 8.32 Å². The number of nitrogens with zero attached hydrogens (tertiary/aromatic N) is 3. The van der Waals surface area contributed by atoms with Crippen LogP contribution in [0.5, 0.6) is 5.75 Å². The third-order valence-electron chi connectivity index (χ3n) is 6.64. The van der Waals surface area contributed by atoms with E-state index in [0.717, 1.165) is 42.3 Å². The van der Waals surface area contributed by atoms with Gasteiger partial charge in [-0.15, -0.1) is 0 Å². The second kappa shape index (κ2) is 7.70. The summed E-state index contributed by atoms with van der Waals surface area (Å²) in [7, 11) is -0.0402. The van der Waals surface area contributed by atoms with E-state index in [2.05, 4.69) is 71.9 Å². The van der Waals surface area contributed by atoms with Crippen LogP contribution in [0.1, 0.15) is 37.9 Å². The molecule has 1 aromatic carbocycles. The van der Waals surface area contributed by atoms with E-state index in [1.165, 1.54) is 11.3 Å². The fourth-order valence-corrected chi connectivity index (χ4v) is 4.84. The number of hydrogen-bond donors (Lipinski definition) is 1. The molecule has 0 saturated heterocycles. The number of anilines is 1. The maximum Gasteiger partial charge on any atom is 0.192 e. The standard InChI is InChI=1S/C23H32N4O2Si/c1-23(2,3)30(5,6)29-12-11-27-15-18(17-13-16(28-4)7-8-21(17)27)19-14-20-22(26-19)25-10-9-24-20/h7-10,13-14,18H,11-12,15H2,1-6H3,(H,25,26). The van der Waals surface area contributed by atoms with Crippen LogP contribution in [-0.2, 0) is 4.43 Å². The average Bonchev–Trinajstić information content (AvgIpc) is 3.28. The van der Waals surface area contributed by atoms with Crippen LogP contribution < -0.4 is 9.64 Å². The molecule has 160 valence electrons. The van der Waals surface area contributed by atoms with E-state index in [-0.39, 0.29) is 11.0 Å². The van der Waals surface area contributed by atoms with Crippen molar-refractivity contribution in [3.8, 4) is 5.75 Å². The molecule has 0 radical (unpaired) electrons. The fourth-order valence-electron chi connectivity index (χ4n) is 3.81. The second-order valence-corrected chi connectivity index (χ2v) is 14.4. The van der Waals surface area contributed by atoms with Gasteiger partial charge in [0.2, 0.25) is 0 Å². The van der Waals surface area contributed by atoms with Gasteiger partial charge in [0.1, 0.15) is 11.3 Å². The molecule has 2 aromatic heterocycles. The Labute approximate surface area is 179 Å². The lowest BCUT2D eigenvalue weighted by Crippen LogP contribution is -2.42. The summed E-state index contributed by atoms with van der Waals surface area (Å²) in [6.07, 6.45) is 3.45. The van der Waals surface area contributed by atoms with Gasteiger partial charge in [-0.1, -0.05) is 20.8 Å². The molecule has 6 nitrogen and oxygen atoms in total. The highest BCUT2D eigenvalue weighted by Gasteiger charge is 2.37. The molecule has 0 bridgehead atoms. The van der Waals surface area contributed by atoms with Crippen LogP contribution in [0.3, 0.4) is 0 Å². The van der Waals surface area contributed by atoms with Gasteiger partial charge in [-0.05, 0) is 48.0 Å². The second-order valence-electron chi connectivity index (χ2n) is 9.55. The van der Waals surface area contributed by atoms with Gasteiger partial charge < -0.3 is 19.0 Å². The van der Waals surface area contributed by atoms with E-state index in [1.54, 1.807) is 19.5 Å². The highest BCUT2D eigenvalue weighted by Crippen LogP contribution is 2.42. The van der Waals surface area contributed by atoms with Crippen molar-refractivity contribution in [2.75, 3.05) is 31.7 Å². The number of ether oxygens (including phenoxy) is 1. The number of aromatic amines is 1. The minimum absolute atomic E-state index is 0.218. The van der Waals surface area contributed by atoms with Gasteiger partial charge in [-0.2, -0.15) is 0 Å². The predicted octanol–water partition coefficient (Wildman–Crippen LogP) is 4.94. The van der Waals surface area contributed by atoms with E-state index in [9.17, 15) is 0 Å². The summed E-state index contributed by atoms with van der Waals surface area (Å²) in [5.74, 6) is 1.10. The van der Waals surface area contributed by atoms with Gasteiger partial charge in [-0.3, -0.25) is 4.98 Å². The van der Waals surface area contributed by atoms with Crippen molar-refractivity contribution in [2.45, 2.75) is 44.8 Å². The first-order chi connectivity index (χ1) is 14.2. The predicted molar refractivity (Wildman–Crippen MR) is 124 cm³/mol. The Balaban J connectivity index is 1.58. The molecule has 7 heteroatoms. The molecule has 1 N–H and O–H groups in total. The molecule has 1 aliphatic heterocycles. The largest absolute Gasteiger partial charge is 0.497 e. The fraction of sp³-hybridized carbons (Fsp3) is 0.478. The molecule has 3 aromatic rings. The molecule has 4 rings (SSSR count). The number of benzene rings is 1. The molecule has 0 saturated carbocycles. The molecule has 0 fully saturated rings. The number of H-pyrrole nitrogens is 1. The van der Waals surface area contributed by atoms with Crippen LogP contribution in [0, 0.1) is 0 Å². The van der Waals surface area contributed by atoms with Crippen molar-refractivity contribution in [3.63, 3.8) is 0 Å². The summed E-state index contributed by atoms with van der Waals surface area (Å²) in [6.45, 7) is 14.0. The lowest BCUT2D eigenvalue weighted by molar-refractivity contribution is 0.294. The maximum atomic E-state index is 6.45. The number of fused-ring (bicyclic) bond motifs is 2. The van der Waals surface area contributed by atoms with E-state index >= 15 is 0 Å². The lowest BCUT2D eigenvalue weighted by Gasteiger charge is -2.36. The molecular weight excluding hydrogens is 392 g/mol. The van der Waals surface area contributed by atoms with Crippen LogP contribution in [0.15, 0.2) is 36.7 Å². The third-order valence-corrected chi connectivity index (χ3v) is 11.2. The maximum absolute atomic E-state index is 6.45. The summed E-state index contributed by atoms with van der Waals surface area (Å²) in [6, 6.07) is 8.48. The molecule has 0 amide bonds. The molecular formula is C23H32N4O2Si. The Hall–Kier alpha value is -2.38. The third kappa shape index (κ3) is 3.84. The van der Waals surface area contributed by atoms with Crippen LogP contribution in [0.25, 0.3) is 11.2 Å². The average molecular weight is 425 g/mol. The Morgan fingerprint density at radius 3 is 2.63 bits per heavy atom. The van der Waals surface area contributed by atoms with Gasteiger partial charge in [0, 0.05) is 42.8 Å². The summed E-state index contributed by atoms with van der Waals surface area (Å²) in [5, 5.41) is 0.218. The lowest BCUT2D eigenvalue weighted by atomic mass is 9.98. The quantitative estimate of drug-likeness (QED) is 0.568. The molecule has 1 unspecified atom stereocenters. The van der Waals surface area contributed by atoms with Gasteiger partial charge >= 0.3 is 0 Å². The number of rotatable bonds is 6. The zero-order chi connectivity index (χ0) is 21.5. The highest BCUT2D eigenvalue weighted by molar-refractivity contribution is 6.74.